The van der Waals surface area contributed by atoms with Crippen LogP contribution < -0.4 is 5.32 Å². The molecule has 1 aliphatic rings. The topological polar surface area (TPSA) is 62.6 Å². The zero-order valence-corrected chi connectivity index (χ0v) is 16.9. The maximum Gasteiger partial charge on any atom is 0.290 e. The summed E-state index contributed by atoms with van der Waals surface area (Å²) in [5.74, 6) is -0.345. The second-order valence-corrected chi connectivity index (χ2v) is 7.70. The summed E-state index contributed by atoms with van der Waals surface area (Å²) >= 11 is 12.1. The minimum Gasteiger partial charge on any atom is -0.459 e. The van der Waals surface area contributed by atoms with Gasteiger partial charge in [-0.3, -0.25) is 9.59 Å². The number of halogens is 2. The number of carbonyl (C=O) groups excluding carboxylic acids is 2. The Balaban J connectivity index is 1.56. The number of fused-ring (bicyclic) bond motifs is 1. The third-order valence-corrected chi connectivity index (χ3v) is 5.60. The number of carbonyl (C=O) groups is 2. The van der Waals surface area contributed by atoms with E-state index >= 15 is 0 Å². The highest BCUT2D eigenvalue weighted by molar-refractivity contribution is 6.35. The van der Waals surface area contributed by atoms with E-state index in [-0.39, 0.29) is 24.1 Å². The van der Waals surface area contributed by atoms with Crippen LogP contribution in [-0.2, 0) is 24.3 Å². The van der Waals surface area contributed by atoms with E-state index < -0.39 is 6.04 Å². The molecule has 5 nitrogen and oxygen atoms in total. The molecule has 0 aliphatic carbocycles. The van der Waals surface area contributed by atoms with Crippen LogP contribution in [0, 0.1) is 0 Å². The van der Waals surface area contributed by atoms with E-state index in [0.29, 0.717) is 23.0 Å². The summed E-state index contributed by atoms with van der Waals surface area (Å²) in [5.41, 5.74) is 2.84. The molecular weight excluding hydrogens is 411 g/mol. The molecule has 0 fully saturated rings. The smallest absolute Gasteiger partial charge is 0.290 e. The Kier molecular flexibility index (Phi) is 5.60. The summed E-state index contributed by atoms with van der Waals surface area (Å²) in [4.78, 5) is 27.6. The van der Waals surface area contributed by atoms with Crippen LogP contribution in [0.5, 0.6) is 0 Å². The summed E-state index contributed by atoms with van der Waals surface area (Å²) < 4.78 is 5.27. The number of furan rings is 1. The molecule has 7 heteroatoms. The molecule has 0 radical (unpaired) electrons. The van der Waals surface area contributed by atoms with Crippen molar-refractivity contribution in [1.82, 2.24) is 10.2 Å². The van der Waals surface area contributed by atoms with Gasteiger partial charge in [-0.1, -0.05) is 53.5 Å². The van der Waals surface area contributed by atoms with E-state index in [1.807, 2.05) is 24.3 Å². The lowest BCUT2D eigenvalue weighted by Gasteiger charge is -2.35. The molecule has 29 heavy (non-hydrogen) atoms. The van der Waals surface area contributed by atoms with Gasteiger partial charge in [-0.05, 0) is 41.0 Å². The fourth-order valence-electron chi connectivity index (χ4n) is 3.48. The van der Waals surface area contributed by atoms with Crippen LogP contribution in [0.25, 0.3) is 0 Å². The van der Waals surface area contributed by atoms with E-state index in [4.69, 9.17) is 27.6 Å². The van der Waals surface area contributed by atoms with Crippen LogP contribution in [0.3, 0.4) is 0 Å². The molecule has 1 unspecified atom stereocenters. The van der Waals surface area contributed by atoms with Gasteiger partial charge in [0.1, 0.15) is 6.04 Å². The van der Waals surface area contributed by atoms with Crippen LogP contribution >= 0.6 is 23.2 Å². The Morgan fingerprint density at radius 2 is 1.86 bits per heavy atom. The van der Waals surface area contributed by atoms with Crippen molar-refractivity contribution in [2.75, 3.05) is 0 Å². The molecule has 1 aliphatic heterocycles. The Bertz CT molecular complexity index is 1050. The molecule has 3 aromatic rings. The molecule has 4 rings (SSSR count). The molecule has 1 N–H and O–H groups in total. The zero-order chi connectivity index (χ0) is 20.4. The van der Waals surface area contributed by atoms with Crippen LogP contribution in [-0.4, -0.2) is 22.8 Å². The van der Waals surface area contributed by atoms with Gasteiger partial charge in [-0.2, -0.15) is 0 Å². The fraction of sp³-hybridized carbons (Fsp3) is 0.182. The molecule has 2 amide bonds. The van der Waals surface area contributed by atoms with Crippen LogP contribution in [0.4, 0.5) is 0 Å². The summed E-state index contributed by atoms with van der Waals surface area (Å²) in [6.45, 7) is 0.589. The van der Waals surface area contributed by atoms with E-state index in [2.05, 4.69) is 5.32 Å². The highest BCUT2D eigenvalue weighted by Gasteiger charge is 2.35. The summed E-state index contributed by atoms with van der Waals surface area (Å²) in [6, 6.07) is 15.6. The van der Waals surface area contributed by atoms with Crippen molar-refractivity contribution < 1.29 is 14.0 Å². The summed E-state index contributed by atoms with van der Waals surface area (Å²) in [5, 5.41) is 3.91. The minimum absolute atomic E-state index is 0.211. The van der Waals surface area contributed by atoms with Gasteiger partial charge in [0.2, 0.25) is 5.91 Å². The lowest BCUT2D eigenvalue weighted by atomic mass is 9.93. The lowest BCUT2D eigenvalue weighted by molar-refractivity contribution is -0.126. The molecule has 2 aromatic carbocycles. The lowest BCUT2D eigenvalue weighted by Crippen LogP contribution is -2.52. The van der Waals surface area contributed by atoms with Gasteiger partial charge in [-0.15, -0.1) is 0 Å². The number of hydrogen-bond donors (Lipinski definition) is 1. The monoisotopic (exact) mass is 428 g/mol. The van der Waals surface area contributed by atoms with E-state index in [1.54, 1.807) is 35.2 Å². The van der Waals surface area contributed by atoms with Crippen LogP contribution in [0.1, 0.15) is 27.2 Å². The first-order valence-electron chi connectivity index (χ1n) is 9.16. The highest BCUT2D eigenvalue weighted by atomic mass is 35.5. The van der Waals surface area contributed by atoms with Gasteiger partial charge in [0.25, 0.3) is 5.91 Å². The Labute approximate surface area is 178 Å². The maximum atomic E-state index is 13.0. The van der Waals surface area contributed by atoms with Gasteiger partial charge in [0.15, 0.2) is 5.76 Å². The van der Waals surface area contributed by atoms with Crippen molar-refractivity contribution in [2.24, 2.45) is 0 Å². The van der Waals surface area contributed by atoms with Gasteiger partial charge >= 0.3 is 0 Å². The van der Waals surface area contributed by atoms with Gasteiger partial charge in [0, 0.05) is 29.6 Å². The predicted molar refractivity (Wildman–Crippen MR) is 111 cm³/mol. The molecule has 0 spiro atoms. The number of nitrogens with one attached hydrogen (secondary N) is 1. The van der Waals surface area contributed by atoms with Gasteiger partial charge < -0.3 is 14.6 Å². The second kappa shape index (κ2) is 8.31. The normalized spacial score (nSPS) is 15.7. The van der Waals surface area contributed by atoms with Crippen molar-refractivity contribution >= 4 is 35.0 Å². The molecule has 0 saturated carbocycles. The van der Waals surface area contributed by atoms with Crippen LogP contribution in [0.2, 0.25) is 10.0 Å². The summed E-state index contributed by atoms with van der Waals surface area (Å²) in [7, 11) is 0. The zero-order valence-electron chi connectivity index (χ0n) is 15.4. The first-order chi connectivity index (χ1) is 14.0. The Morgan fingerprint density at radius 1 is 1.07 bits per heavy atom. The number of nitrogens with zero attached hydrogens (tertiary/aromatic N) is 1. The highest BCUT2D eigenvalue weighted by Crippen LogP contribution is 2.26. The van der Waals surface area contributed by atoms with E-state index in [0.717, 1.165) is 16.7 Å². The summed E-state index contributed by atoms with van der Waals surface area (Å²) in [6.07, 6.45) is 1.88. The molecule has 1 atom stereocenters. The number of amides is 2. The van der Waals surface area contributed by atoms with Gasteiger partial charge in [0.05, 0.1) is 6.26 Å². The maximum absolute atomic E-state index is 13.0. The largest absolute Gasteiger partial charge is 0.459 e. The average molecular weight is 429 g/mol. The van der Waals surface area contributed by atoms with Crippen molar-refractivity contribution in [3.05, 3.63) is 93.4 Å². The first-order valence-corrected chi connectivity index (χ1v) is 9.91. The van der Waals surface area contributed by atoms with E-state index in [9.17, 15) is 9.59 Å². The standard InChI is InChI=1S/C22H18Cl2N2O3/c23-17-8-7-15(18(24)11-17)12-25-21(27)19-10-14-4-1-2-5-16(14)13-26(19)22(28)20-6-3-9-29-20/h1-9,11,19H,10,12-13H2,(H,25,27). The molecule has 0 saturated heterocycles. The van der Waals surface area contributed by atoms with E-state index in [1.165, 1.54) is 6.26 Å². The molecule has 1 aromatic heterocycles. The molecule has 148 valence electrons. The van der Waals surface area contributed by atoms with Crippen molar-refractivity contribution in [2.45, 2.75) is 25.6 Å². The van der Waals surface area contributed by atoms with Gasteiger partial charge in [-0.25, -0.2) is 0 Å². The quantitative estimate of drug-likeness (QED) is 0.666. The third-order valence-electron chi connectivity index (χ3n) is 5.01. The molecule has 0 bridgehead atoms. The minimum atomic E-state index is -0.645. The SMILES string of the molecule is O=C(NCc1ccc(Cl)cc1Cl)C1Cc2ccccc2CN1C(=O)c1ccco1. The third kappa shape index (κ3) is 4.16. The first kappa shape index (κ1) is 19.6. The predicted octanol–water partition coefficient (Wildman–Crippen LogP) is 4.47. The Morgan fingerprint density at radius 3 is 2.59 bits per heavy atom. The van der Waals surface area contributed by atoms with Crippen molar-refractivity contribution in [1.29, 1.82) is 0 Å². The average Bonchev–Trinajstić information content (AvgIpc) is 3.26. The number of benzene rings is 2. The fourth-order valence-corrected chi connectivity index (χ4v) is 3.95. The van der Waals surface area contributed by atoms with Crippen molar-refractivity contribution in [3.8, 4) is 0 Å². The number of rotatable bonds is 4. The number of hydrogen-bond acceptors (Lipinski definition) is 3. The van der Waals surface area contributed by atoms with Crippen molar-refractivity contribution in [3.63, 3.8) is 0 Å². The molecular formula is C22H18Cl2N2O3. The second-order valence-electron chi connectivity index (χ2n) is 6.85. The van der Waals surface area contributed by atoms with Crippen LogP contribution in [0.15, 0.2) is 65.3 Å². The Hall–Kier alpha value is -2.76. The molecule has 2 heterocycles.